The summed E-state index contributed by atoms with van der Waals surface area (Å²) in [5.41, 5.74) is 1.64. The van der Waals surface area contributed by atoms with Crippen molar-refractivity contribution in [3.8, 4) is 0 Å². The first kappa shape index (κ1) is 14.9. The van der Waals surface area contributed by atoms with E-state index in [4.69, 9.17) is 5.11 Å². The monoisotopic (exact) mass is 293 g/mol. The number of nitrogens with one attached hydrogen (secondary N) is 1. The summed E-state index contributed by atoms with van der Waals surface area (Å²) in [4.78, 5) is 16.2. The van der Waals surface area contributed by atoms with Crippen LogP contribution in [0.3, 0.4) is 0 Å². The number of aliphatic hydroxyl groups is 1. The maximum Gasteiger partial charge on any atom is 0.226 e. The number of imidazole rings is 1. The Morgan fingerprint density at radius 2 is 2.30 bits per heavy atom. The van der Waals surface area contributed by atoms with E-state index in [1.54, 1.807) is 11.8 Å². The molecular weight excluding hydrogens is 274 g/mol. The second-order valence-electron chi connectivity index (χ2n) is 4.41. The molecule has 2 heterocycles. The van der Waals surface area contributed by atoms with Gasteiger partial charge in [-0.15, -0.1) is 0 Å². The summed E-state index contributed by atoms with van der Waals surface area (Å²) < 4.78 is 1.91. The summed E-state index contributed by atoms with van der Waals surface area (Å²) in [6, 6.07) is 5.77. The molecule has 2 N–H and O–H groups in total. The number of hydrogen-bond acceptors (Lipinski definition) is 4. The van der Waals surface area contributed by atoms with Gasteiger partial charge in [-0.3, -0.25) is 4.79 Å². The molecule has 0 spiro atoms. The molecule has 108 valence electrons. The van der Waals surface area contributed by atoms with Crippen LogP contribution < -0.4 is 5.32 Å². The Bertz CT molecular complexity index is 523. The average molecular weight is 293 g/mol. The van der Waals surface area contributed by atoms with E-state index in [2.05, 4.69) is 10.3 Å². The largest absolute Gasteiger partial charge is 0.396 e. The van der Waals surface area contributed by atoms with Gasteiger partial charge in [-0.1, -0.05) is 6.07 Å². The lowest BCUT2D eigenvalue weighted by atomic mass is 10.3. The number of rotatable bonds is 8. The number of hydrogen-bond donors (Lipinski definition) is 2. The molecular formula is C14H19N3O2S. The Morgan fingerprint density at radius 1 is 1.40 bits per heavy atom. The van der Waals surface area contributed by atoms with Crippen molar-refractivity contribution in [2.24, 2.45) is 0 Å². The van der Waals surface area contributed by atoms with Crippen LogP contribution in [0.5, 0.6) is 0 Å². The third-order valence-electron chi connectivity index (χ3n) is 2.77. The van der Waals surface area contributed by atoms with Crippen molar-refractivity contribution in [1.29, 1.82) is 0 Å². The number of carbonyl (C=O) groups excluding carboxylic acids is 1. The molecule has 0 saturated heterocycles. The Kier molecular flexibility index (Phi) is 5.88. The second kappa shape index (κ2) is 7.91. The van der Waals surface area contributed by atoms with Gasteiger partial charge < -0.3 is 14.8 Å². The van der Waals surface area contributed by atoms with E-state index in [-0.39, 0.29) is 12.5 Å². The van der Waals surface area contributed by atoms with Gasteiger partial charge >= 0.3 is 0 Å². The van der Waals surface area contributed by atoms with E-state index >= 15 is 0 Å². The van der Waals surface area contributed by atoms with Crippen LogP contribution in [0.15, 0.2) is 30.6 Å². The highest BCUT2D eigenvalue weighted by Gasteiger charge is 2.06. The highest BCUT2D eigenvalue weighted by Crippen LogP contribution is 2.05. The standard InChI is InChI=1S/C14H19N3O2S/c18-7-3-8-20-9-5-15-14(19)10-12-11-17-6-2-1-4-13(17)16-12/h1-2,4,6,11,18H,3,5,7-10H2,(H,15,19). The fraction of sp³-hybridized carbons (Fsp3) is 0.429. The fourth-order valence-corrected chi connectivity index (χ4v) is 2.61. The fourth-order valence-electron chi connectivity index (χ4n) is 1.83. The van der Waals surface area contributed by atoms with E-state index in [1.165, 1.54) is 0 Å². The molecule has 0 fully saturated rings. The topological polar surface area (TPSA) is 66.6 Å². The van der Waals surface area contributed by atoms with Gasteiger partial charge in [0.2, 0.25) is 5.91 Å². The molecule has 20 heavy (non-hydrogen) atoms. The molecule has 2 aromatic rings. The number of thioether (sulfide) groups is 1. The van der Waals surface area contributed by atoms with Crippen molar-refractivity contribution in [3.63, 3.8) is 0 Å². The zero-order valence-electron chi connectivity index (χ0n) is 11.3. The number of pyridine rings is 1. The molecule has 2 aromatic heterocycles. The Hall–Kier alpha value is -1.53. The van der Waals surface area contributed by atoms with Gasteiger partial charge in [0.05, 0.1) is 12.1 Å². The Morgan fingerprint density at radius 3 is 3.10 bits per heavy atom. The van der Waals surface area contributed by atoms with Crippen molar-refractivity contribution in [1.82, 2.24) is 14.7 Å². The maximum absolute atomic E-state index is 11.8. The predicted molar refractivity (Wildman–Crippen MR) is 80.9 cm³/mol. The number of fused-ring (bicyclic) bond motifs is 1. The third-order valence-corrected chi connectivity index (χ3v) is 3.84. The zero-order chi connectivity index (χ0) is 14.2. The Labute approximate surface area is 122 Å². The smallest absolute Gasteiger partial charge is 0.226 e. The second-order valence-corrected chi connectivity index (χ2v) is 5.64. The first-order valence-corrected chi connectivity index (χ1v) is 7.83. The van der Waals surface area contributed by atoms with Crippen LogP contribution >= 0.6 is 11.8 Å². The first-order valence-electron chi connectivity index (χ1n) is 6.67. The molecule has 0 aliphatic carbocycles. The molecule has 0 unspecified atom stereocenters. The van der Waals surface area contributed by atoms with Crippen LogP contribution in [0.2, 0.25) is 0 Å². The summed E-state index contributed by atoms with van der Waals surface area (Å²) >= 11 is 1.74. The highest BCUT2D eigenvalue weighted by atomic mass is 32.2. The van der Waals surface area contributed by atoms with Gasteiger partial charge in [-0.05, 0) is 24.3 Å². The molecule has 0 bridgehead atoms. The third kappa shape index (κ3) is 4.54. The van der Waals surface area contributed by atoms with Crippen molar-refractivity contribution < 1.29 is 9.90 Å². The van der Waals surface area contributed by atoms with Crippen molar-refractivity contribution >= 4 is 23.3 Å². The van der Waals surface area contributed by atoms with Gasteiger partial charge in [-0.25, -0.2) is 4.98 Å². The molecule has 1 amide bonds. The summed E-state index contributed by atoms with van der Waals surface area (Å²) in [7, 11) is 0. The number of amides is 1. The van der Waals surface area contributed by atoms with Gasteiger partial charge in [-0.2, -0.15) is 11.8 Å². The minimum atomic E-state index is -0.00355. The molecule has 0 aliphatic heterocycles. The molecule has 0 aromatic carbocycles. The van der Waals surface area contributed by atoms with Crippen LogP contribution in [0, 0.1) is 0 Å². The number of aromatic nitrogens is 2. The van der Waals surface area contributed by atoms with Crippen LogP contribution in [0.25, 0.3) is 5.65 Å². The van der Waals surface area contributed by atoms with Gasteiger partial charge in [0, 0.05) is 31.3 Å². The highest BCUT2D eigenvalue weighted by molar-refractivity contribution is 7.99. The molecule has 0 aliphatic rings. The van der Waals surface area contributed by atoms with Gasteiger partial charge in [0.25, 0.3) is 0 Å². The quantitative estimate of drug-likeness (QED) is 0.716. The van der Waals surface area contributed by atoms with Crippen molar-refractivity contribution in [3.05, 3.63) is 36.3 Å². The summed E-state index contributed by atoms with van der Waals surface area (Å²) in [5, 5.41) is 11.5. The molecule has 5 nitrogen and oxygen atoms in total. The molecule has 0 saturated carbocycles. The van der Waals surface area contributed by atoms with Gasteiger partial charge in [0.15, 0.2) is 0 Å². The summed E-state index contributed by atoms with van der Waals surface area (Å²) in [5.74, 6) is 1.80. The molecule has 2 rings (SSSR count). The minimum Gasteiger partial charge on any atom is -0.396 e. The van der Waals surface area contributed by atoms with E-state index in [0.717, 1.165) is 29.3 Å². The van der Waals surface area contributed by atoms with Crippen LogP contribution in [-0.2, 0) is 11.2 Å². The van der Waals surface area contributed by atoms with E-state index in [1.807, 2.05) is 35.0 Å². The number of nitrogens with zero attached hydrogens (tertiary/aromatic N) is 2. The van der Waals surface area contributed by atoms with Crippen LogP contribution in [0.1, 0.15) is 12.1 Å². The van der Waals surface area contributed by atoms with E-state index in [9.17, 15) is 4.79 Å². The first-order chi connectivity index (χ1) is 9.79. The lowest BCUT2D eigenvalue weighted by molar-refractivity contribution is -0.120. The van der Waals surface area contributed by atoms with E-state index in [0.29, 0.717) is 13.0 Å². The van der Waals surface area contributed by atoms with Crippen molar-refractivity contribution in [2.75, 3.05) is 24.7 Å². The summed E-state index contributed by atoms with van der Waals surface area (Å²) in [6.45, 7) is 0.884. The zero-order valence-corrected chi connectivity index (χ0v) is 12.1. The van der Waals surface area contributed by atoms with Gasteiger partial charge in [0.1, 0.15) is 5.65 Å². The average Bonchev–Trinajstić information content (AvgIpc) is 2.84. The SMILES string of the molecule is O=C(Cc1cn2ccccc2n1)NCCSCCCO. The van der Waals surface area contributed by atoms with E-state index < -0.39 is 0 Å². The number of carbonyl (C=O) groups is 1. The Balaban J connectivity index is 1.71. The van der Waals surface area contributed by atoms with Crippen molar-refractivity contribution in [2.45, 2.75) is 12.8 Å². The van der Waals surface area contributed by atoms with Crippen LogP contribution in [0.4, 0.5) is 0 Å². The maximum atomic E-state index is 11.8. The minimum absolute atomic E-state index is 0.00355. The van der Waals surface area contributed by atoms with Crippen LogP contribution in [-0.4, -0.2) is 45.1 Å². The normalized spacial score (nSPS) is 10.8. The lowest BCUT2D eigenvalue weighted by Gasteiger charge is -2.03. The predicted octanol–water partition coefficient (Wildman–Crippen LogP) is 1.11. The number of aliphatic hydroxyl groups excluding tert-OH is 1. The lowest BCUT2D eigenvalue weighted by Crippen LogP contribution is -2.27. The molecule has 0 atom stereocenters. The summed E-state index contributed by atoms with van der Waals surface area (Å²) in [6.07, 6.45) is 4.91. The molecule has 0 radical (unpaired) electrons. The molecule has 6 heteroatoms.